The minimum Gasteiger partial charge on any atom is -0.341 e. The smallest absolute Gasteiger partial charge is 0.223 e. The number of carbonyl (C=O) groups excluding carboxylic acids is 1. The van der Waals surface area contributed by atoms with Crippen LogP contribution in [-0.2, 0) is 18.3 Å². The summed E-state index contributed by atoms with van der Waals surface area (Å²) in [5, 5.41) is 0.609. The first-order valence-electron chi connectivity index (χ1n) is 7.09. The lowest BCUT2D eigenvalue weighted by Gasteiger charge is -2.36. The van der Waals surface area contributed by atoms with Gasteiger partial charge in [-0.15, -0.1) is 12.4 Å². The highest BCUT2D eigenvalue weighted by molar-refractivity contribution is 6.29. The summed E-state index contributed by atoms with van der Waals surface area (Å²) in [6.45, 7) is 1.72. The van der Waals surface area contributed by atoms with Gasteiger partial charge in [-0.2, -0.15) is 0 Å². The molecule has 1 aliphatic rings. The molecule has 1 fully saturated rings. The summed E-state index contributed by atoms with van der Waals surface area (Å²) < 4.78 is 1.83. The average molecular weight is 335 g/mol. The Balaban J connectivity index is 0.00000220. The minimum atomic E-state index is 0. The summed E-state index contributed by atoms with van der Waals surface area (Å²) in [6, 6.07) is 0.482. The molecule has 1 amide bonds. The Morgan fingerprint density at radius 3 is 2.81 bits per heavy atom. The number of carbonyl (C=O) groups is 1. The number of likely N-dealkylation sites (tertiary alicyclic amines) is 1. The van der Waals surface area contributed by atoms with Crippen molar-refractivity contribution in [3.63, 3.8) is 0 Å². The molecular formula is C14H24Cl2N4O. The van der Waals surface area contributed by atoms with Crippen LogP contribution in [0.5, 0.6) is 0 Å². The van der Waals surface area contributed by atoms with Crippen molar-refractivity contribution in [2.75, 3.05) is 27.2 Å². The maximum atomic E-state index is 12.3. The summed E-state index contributed by atoms with van der Waals surface area (Å²) in [5.74, 6) is 1.08. The highest BCUT2D eigenvalue weighted by atomic mass is 35.5. The molecule has 1 aliphatic heterocycles. The molecule has 1 aromatic heterocycles. The van der Waals surface area contributed by atoms with E-state index in [9.17, 15) is 4.79 Å². The predicted octanol–water partition coefficient (Wildman–Crippen LogP) is 1.98. The molecule has 2 heterocycles. The van der Waals surface area contributed by atoms with Gasteiger partial charge in [0.2, 0.25) is 5.91 Å². The van der Waals surface area contributed by atoms with Crippen LogP contribution >= 0.6 is 24.0 Å². The van der Waals surface area contributed by atoms with Crippen LogP contribution in [0.2, 0.25) is 5.15 Å². The fraction of sp³-hybridized carbons (Fsp3) is 0.714. The largest absolute Gasteiger partial charge is 0.341 e. The van der Waals surface area contributed by atoms with E-state index in [1.165, 1.54) is 6.42 Å². The molecule has 7 heteroatoms. The zero-order chi connectivity index (χ0) is 14.7. The van der Waals surface area contributed by atoms with Gasteiger partial charge in [0, 0.05) is 39.0 Å². The van der Waals surface area contributed by atoms with Gasteiger partial charge in [-0.3, -0.25) is 4.79 Å². The van der Waals surface area contributed by atoms with E-state index >= 15 is 0 Å². The minimum absolute atomic E-state index is 0. The van der Waals surface area contributed by atoms with Crippen LogP contribution in [0.4, 0.5) is 0 Å². The van der Waals surface area contributed by atoms with Crippen molar-refractivity contribution in [2.45, 2.75) is 31.7 Å². The molecule has 21 heavy (non-hydrogen) atoms. The van der Waals surface area contributed by atoms with Gasteiger partial charge < -0.3 is 14.4 Å². The molecule has 0 radical (unpaired) electrons. The number of amides is 1. The zero-order valence-electron chi connectivity index (χ0n) is 12.9. The Labute approximate surface area is 137 Å². The van der Waals surface area contributed by atoms with Crippen LogP contribution in [0.3, 0.4) is 0 Å². The molecule has 0 bridgehead atoms. The van der Waals surface area contributed by atoms with Gasteiger partial charge in [0.05, 0.1) is 6.20 Å². The van der Waals surface area contributed by atoms with Crippen LogP contribution in [-0.4, -0.2) is 58.5 Å². The maximum absolute atomic E-state index is 12.3. The summed E-state index contributed by atoms with van der Waals surface area (Å²) in [7, 11) is 6.03. The molecule has 1 unspecified atom stereocenters. The zero-order valence-corrected chi connectivity index (χ0v) is 14.5. The number of aryl methyl sites for hydroxylation is 1. The monoisotopic (exact) mass is 334 g/mol. The fourth-order valence-electron chi connectivity index (χ4n) is 2.64. The van der Waals surface area contributed by atoms with Crippen LogP contribution < -0.4 is 0 Å². The molecule has 2 rings (SSSR count). The van der Waals surface area contributed by atoms with Gasteiger partial charge in [0.15, 0.2) is 0 Å². The second-order valence-electron chi connectivity index (χ2n) is 5.66. The van der Waals surface area contributed by atoms with Crippen molar-refractivity contribution >= 4 is 29.9 Å². The predicted molar refractivity (Wildman–Crippen MR) is 87.1 cm³/mol. The van der Waals surface area contributed by atoms with E-state index in [0.717, 1.165) is 25.3 Å². The van der Waals surface area contributed by atoms with E-state index in [1.807, 2.05) is 16.5 Å². The highest BCUT2D eigenvalue weighted by Gasteiger charge is 2.24. The van der Waals surface area contributed by atoms with Gasteiger partial charge in [0.1, 0.15) is 11.0 Å². The number of halogens is 2. The van der Waals surface area contributed by atoms with E-state index in [0.29, 0.717) is 24.0 Å². The summed E-state index contributed by atoms with van der Waals surface area (Å²) >= 11 is 5.95. The van der Waals surface area contributed by atoms with E-state index < -0.39 is 0 Å². The molecule has 0 aliphatic carbocycles. The molecule has 1 saturated heterocycles. The lowest BCUT2D eigenvalue weighted by Crippen LogP contribution is -2.47. The fourth-order valence-corrected chi connectivity index (χ4v) is 2.78. The standard InChI is InChI=1S/C14H23ClN4O.ClH/c1-17(2)11-5-4-8-19(10-11)14(20)7-6-13-16-9-12(15)18(13)3;/h9,11H,4-8,10H2,1-3H3;1H. The number of piperidine rings is 1. The first-order valence-corrected chi connectivity index (χ1v) is 7.47. The average Bonchev–Trinajstić information content (AvgIpc) is 2.76. The van der Waals surface area contributed by atoms with Crippen molar-refractivity contribution in [3.05, 3.63) is 17.2 Å². The number of likely N-dealkylation sites (N-methyl/N-ethyl adjacent to an activating group) is 1. The third-order valence-corrected chi connectivity index (χ3v) is 4.42. The van der Waals surface area contributed by atoms with Gasteiger partial charge in [-0.05, 0) is 26.9 Å². The van der Waals surface area contributed by atoms with E-state index in [-0.39, 0.29) is 18.3 Å². The van der Waals surface area contributed by atoms with Crippen molar-refractivity contribution < 1.29 is 4.79 Å². The van der Waals surface area contributed by atoms with E-state index in [1.54, 1.807) is 6.20 Å². The Morgan fingerprint density at radius 1 is 1.52 bits per heavy atom. The molecule has 0 aromatic carbocycles. The lowest BCUT2D eigenvalue weighted by atomic mass is 10.0. The second kappa shape index (κ2) is 8.01. The topological polar surface area (TPSA) is 41.4 Å². The van der Waals surface area contributed by atoms with Gasteiger partial charge >= 0.3 is 0 Å². The molecule has 0 N–H and O–H groups in total. The quantitative estimate of drug-likeness (QED) is 0.845. The van der Waals surface area contributed by atoms with Gasteiger partial charge in [-0.25, -0.2) is 4.98 Å². The maximum Gasteiger partial charge on any atom is 0.223 e. The summed E-state index contributed by atoms with van der Waals surface area (Å²) in [4.78, 5) is 20.7. The lowest BCUT2D eigenvalue weighted by molar-refractivity contribution is -0.133. The molecular weight excluding hydrogens is 311 g/mol. The van der Waals surface area contributed by atoms with Crippen molar-refractivity contribution in [3.8, 4) is 0 Å². The Hall–Kier alpha value is -0.780. The Kier molecular flexibility index (Phi) is 6.97. The molecule has 1 atom stereocenters. The van der Waals surface area contributed by atoms with Crippen LogP contribution in [0.25, 0.3) is 0 Å². The number of imidazole rings is 1. The van der Waals surface area contributed by atoms with Gasteiger partial charge in [-0.1, -0.05) is 11.6 Å². The summed E-state index contributed by atoms with van der Waals surface area (Å²) in [5.41, 5.74) is 0. The first kappa shape index (κ1) is 18.3. The highest BCUT2D eigenvalue weighted by Crippen LogP contribution is 2.16. The molecule has 0 saturated carbocycles. The Bertz CT molecular complexity index is 476. The van der Waals surface area contributed by atoms with E-state index in [4.69, 9.17) is 11.6 Å². The van der Waals surface area contributed by atoms with Crippen LogP contribution in [0.1, 0.15) is 25.1 Å². The van der Waals surface area contributed by atoms with Gasteiger partial charge in [0.25, 0.3) is 0 Å². The SMILES string of the molecule is CN(C)C1CCCN(C(=O)CCc2ncc(Cl)n2C)C1.Cl. The van der Waals surface area contributed by atoms with Crippen molar-refractivity contribution in [1.29, 1.82) is 0 Å². The normalized spacial score (nSPS) is 18.7. The third kappa shape index (κ3) is 4.59. The molecule has 120 valence electrons. The van der Waals surface area contributed by atoms with Crippen LogP contribution in [0, 0.1) is 0 Å². The summed E-state index contributed by atoms with van der Waals surface area (Å²) in [6.07, 6.45) is 5.03. The van der Waals surface area contributed by atoms with Crippen molar-refractivity contribution in [1.82, 2.24) is 19.4 Å². The number of aromatic nitrogens is 2. The Morgan fingerprint density at radius 2 is 2.24 bits per heavy atom. The van der Waals surface area contributed by atoms with E-state index in [2.05, 4.69) is 24.0 Å². The number of hydrogen-bond acceptors (Lipinski definition) is 3. The van der Waals surface area contributed by atoms with Crippen LogP contribution in [0.15, 0.2) is 6.20 Å². The molecule has 5 nitrogen and oxygen atoms in total. The number of nitrogens with zero attached hydrogens (tertiary/aromatic N) is 4. The molecule has 0 spiro atoms. The first-order chi connectivity index (χ1) is 9.49. The number of rotatable bonds is 4. The second-order valence-corrected chi connectivity index (χ2v) is 6.04. The molecule has 1 aromatic rings. The number of hydrogen-bond donors (Lipinski definition) is 0. The van der Waals surface area contributed by atoms with Crippen molar-refractivity contribution in [2.24, 2.45) is 7.05 Å². The third-order valence-electron chi connectivity index (χ3n) is 4.07.